The van der Waals surface area contributed by atoms with Gasteiger partial charge in [-0.1, -0.05) is 12.1 Å². The van der Waals surface area contributed by atoms with Gasteiger partial charge in [-0.15, -0.1) is 0 Å². The quantitative estimate of drug-likeness (QED) is 0.797. The van der Waals surface area contributed by atoms with Crippen LogP contribution in [0.5, 0.6) is 11.8 Å². The van der Waals surface area contributed by atoms with Crippen molar-refractivity contribution in [1.82, 2.24) is 14.9 Å². The molecule has 0 spiro atoms. The smallest absolute Gasteiger partial charge is 0.321 e. The lowest BCUT2D eigenvalue weighted by atomic mass is 10.1. The Bertz CT molecular complexity index is 500. The van der Waals surface area contributed by atoms with Crippen molar-refractivity contribution >= 4 is 0 Å². The van der Waals surface area contributed by atoms with E-state index in [1.54, 1.807) is 18.5 Å². The third-order valence-corrected chi connectivity index (χ3v) is 2.72. The van der Waals surface area contributed by atoms with Crippen LogP contribution in [-0.4, -0.2) is 35.5 Å². The Labute approximate surface area is 114 Å². The molecule has 1 aromatic carbocycles. The summed E-state index contributed by atoms with van der Waals surface area (Å²) in [7, 11) is 4.18. The van der Waals surface area contributed by atoms with Gasteiger partial charge in [0.1, 0.15) is 5.75 Å². The highest BCUT2D eigenvalue weighted by Gasteiger charge is 2.01. The van der Waals surface area contributed by atoms with Gasteiger partial charge in [0, 0.05) is 12.4 Å². The molecule has 0 bridgehead atoms. The van der Waals surface area contributed by atoms with E-state index < -0.39 is 0 Å². The number of hydrogen-bond donors (Lipinski definition) is 0. The van der Waals surface area contributed by atoms with E-state index in [-0.39, 0.29) is 0 Å². The zero-order valence-corrected chi connectivity index (χ0v) is 11.4. The molecule has 4 heteroatoms. The van der Waals surface area contributed by atoms with Crippen molar-refractivity contribution in [2.45, 2.75) is 12.8 Å². The summed E-state index contributed by atoms with van der Waals surface area (Å²) in [4.78, 5) is 10.3. The monoisotopic (exact) mass is 257 g/mol. The molecule has 0 radical (unpaired) electrons. The minimum Gasteiger partial charge on any atom is -0.424 e. The third kappa shape index (κ3) is 4.67. The molecule has 0 aliphatic heterocycles. The Hall–Kier alpha value is -1.94. The first-order valence-corrected chi connectivity index (χ1v) is 6.42. The zero-order valence-electron chi connectivity index (χ0n) is 11.4. The first-order valence-electron chi connectivity index (χ1n) is 6.42. The second kappa shape index (κ2) is 6.85. The summed E-state index contributed by atoms with van der Waals surface area (Å²) >= 11 is 0. The third-order valence-electron chi connectivity index (χ3n) is 2.72. The van der Waals surface area contributed by atoms with Gasteiger partial charge in [0.15, 0.2) is 0 Å². The lowest BCUT2D eigenvalue weighted by Crippen LogP contribution is -2.13. The van der Waals surface area contributed by atoms with E-state index in [2.05, 4.69) is 35.0 Å². The van der Waals surface area contributed by atoms with Crippen LogP contribution in [0.25, 0.3) is 0 Å². The van der Waals surface area contributed by atoms with Crippen molar-refractivity contribution in [1.29, 1.82) is 0 Å². The van der Waals surface area contributed by atoms with E-state index >= 15 is 0 Å². The summed E-state index contributed by atoms with van der Waals surface area (Å²) in [5.41, 5.74) is 1.27. The van der Waals surface area contributed by atoms with Crippen molar-refractivity contribution in [2.75, 3.05) is 20.6 Å². The molecule has 0 N–H and O–H groups in total. The molecule has 2 aromatic rings. The SMILES string of the molecule is CN(C)CCCc1cccc(Oc2ncccn2)c1. The summed E-state index contributed by atoms with van der Waals surface area (Å²) < 4.78 is 5.61. The summed E-state index contributed by atoms with van der Waals surface area (Å²) in [5.74, 6) is 0.786. The minimum atomic E-state index is 0.382. The molecule has 0 fully saturated rings. The second-order valence-electron chi connectivity index (χ2n) is 4.69. The van der Waals surface area contributed by atoms with Gasteiger partial charge >= 0.3 is 6.01 Å². The van der Waals surface area contributed by atoms with Crippen LogP contribution in [0.4, 0.5) is 0 Å². The number of rotatable bonds is 6. The maximum Gasteiger partial charge on any atom is 0.321 e. The number of aryl methyl sites for hydroxylation is 1. The van der Waals surface area contributed by atoms with Crippen LogP contribution in [0.2, 0.25) is 0 Å². The fourth-order valence-corrected chi connectivity index (χ4v) is 1.81. The lowest BCUT2D eigenvalue weighted by Gasteiger charge is -2.09. The fraction of sp³-hybridized carbons (Fsp3) is 0.333. The maximum absolute atomic E-state index is 5.61. The molecule has 19 heavy (non-hydrogen) atoms. The Morgan fingerprint density at radius 2 is 1.89 bits per heavy atom. The first-order chi connectivity index (χ1) is 9.24. The fourth-order valence-electron chi connectivity index (χ4n) is 1.81. The highest BCUT2D eigenvalue weighted by molar-refractivity contribution is 5.30. The van der Waals surface area contributed by atoms with Crippen LogP contribution >= 0.6 is 0 Å². The van der Waals surface area contributed by atoms with Gasteiger partial charge in [-0.3, -0.25) is 0 Å². The van der Waals surface area contributed by atoms with Gasteiger partial charge in [0.25, 0.3) is 0 Å². The Morgan fingerprint density at radius 1 is 1.11 bits per heavy atom. The van der Waals surface area contributed by atoms with Gasteiger partial charge in [0.05, 0.1) is 0 Å². The molecule has 4 nitrogen and oxygen atoms in total. The molecule has 1 aromatic heterocycles. The van der Waals surface area contributed by atoms with Crippen molar-refractivity contribution in [3.63, 3.8) is 0 Å². The highest BCUT2D eigenvalue weighted by atomic mass is 16.5. The van der Waals surface area contributed by atoms with Crippen molar-refractivity contribution in [2.24, 2.45) is 0 Å². The second-order valence-corrected chi connectivity index (χ2v) is 4.69. The summed E-state index contributed by atoms with van der Waals surface area (Å²) in [6.45, 7) is 1.09. The molecule has 0 unspecified atom stereocenters. The van der Waals surface area contributed by atoms with Gasteiger partial charge in [0.2, 0.25) is 0 Å². The molecule has 0 atom stereocenters. The van der Waals surface area contributed by atoms with E-state index in [0.29, 0.717) is 6.01 Å². The van der Waals surface area contributed by atoms with E-state index in [9.17, 15) is 0 Å². The van der Waals surface area contributed by atoms with E-state index in [1.807, 2.05) is 18.2 Å². The highest BCUT2D eigenvalue weighted by Crippen LogP contribution is 2.19. The molecule has 1 heterocycles. The van der Waals surface area contributed by atoms with Crippen LogP contribution in [0.15, 0.2) is 42.7 Å². The van der Waals surface area contributed by atoms with E-state index in [0.717, 1.165) is 25.1 Å². The average Bonchev–Trinajstić information content (AvgIpc) is 2.40. The molecule has 2 rings (SSSR count). The average molecular weight is 257 g/mol. The van der Waals surface area contributed by atoms with Gasteiger partial charge in [-0.05, 0) is 57.2 Å². The molecule has 0 saturated heterocycles. The molecule has 100 valence electrons. The van der Waals surface area contributed by atoms with Crippen LogP contribution in [0.1, 0.15) is 12.0 Å². The Morgan fingerprint density at radius 3 is 2.63 bits per heavy atom. The molecular formula is C15H19N3O. The van der Waals surface area contributed by atoms with E-state index in [4.69, 9.17) is 4.74 Å². The molecular weight excluding hydrogens is 238 g/mol. The predicted molar refractivity (Wildman–Crippen MR) is 75.4 cm³/mol. The van der Waals surface area contributed by atoms with Crippen LogP contribution < -0.4 is 4.74 Å². The molecule has 0 aliphatic rings. The van der Waals surface area contributed by atoms with Crippen molar-refractivity contribution < 1.29 is 4.74 Å². The number of aromatic nitrogens is 2. The van der Waals surface area contributed by atoms with Crippen molar-refractivity contribution in [3.05, 3.63) is 48.3 Å². The molecule has 0 aliphatic carbocycles. The maximum atomic E-state index is 5.61. The van der Waals surface area contributed by atoms with E-state index in [1.165, 1.54) is 5.56 Å². The number of hydrogen-bond acceptors (Lipinski definition) is 4. The summed E-state index contributed by atoms with van der Waals surface area (Å²) in [6, 6.07) is 10.2. The van der Waals surface area contributed by atoms with Crippen LogP contribution in [-0.2, 0) is 6.42 Å². The van der Waals surface area contributed by atoms with Gasteiger partial charge < -0.3 is 9.64 Å². The Kier molecular flexibility index (Phi) is 4.86. The predicted octanol–water partition coefficient (Wildman–Crippen LogP) is 2.76. The molecule has 0 amide bonds. The zero-order chi connectivity index (χ0) is 13.5. The minimum absolute atomic E-state index is 0.382. The lowest BCUT2D eigenvalue weighted by molar-refractivity contribution is 0.400. The van der Waals surface area contributed by atoms with Crippen LogP contribution in [0.3, 0.4) is 0 Å². The largest absolute Gasteiger partial charge is 0.424 e. The van der Waals surface area contributed by atoms with Crippen LogP contribution in [0, 0.1) is 0 Å². The summed E-state index contributed by atoms with van der Waals surface area (Å²) in [6.07, 6.45) is 5.52. The Balaban J connectivity index is 1.95. The normalized spacial score (nSPS) is 10.7. The number of benzene rings is 1. The standard InChI is InChI=1S/C15H19N3O/c1-18(2)11-4-7-13-6-3-8-14(12-13)19-15-16-9-5-10-17-15/h3,5-6,8-10,12H,4,7,11H2,1-2H3. The number of nitrogens with zero attached hydrogens (tertiary/aromatic N) is 3. The summed E-state index contributed by atoms with van der Waals surface area (Å²) in [5, 5.41) is 0. The molecule has 0 saturated carbocycles. The first kappa shape index (κ1) is 13.5. The van der Waals surface area contributed by atoms with Gasteiger partial charge in [-0.25, -0.2) is 9.97 Å². The van der Waals surface area contributed by atoms with Crippen molar-refractivity contribution in [3.8, 4) is 11.8 Å². The number of ether oxygens (including phenoxy) is 1. The topological polar surface area (TPSA) is 38.2 Å². The van der Waals surface area contributed by atoms with Gasteiger partial charge in [-0.2, -0.15) is 0 Å².